The Kier molecular flexibility index (Phi) is 6.92. The molecule has 2 aliphatic rings. The van der Waals surface area contributed by atoms with Gasteiger partial charge in [-0.25, -0.2) is 0 Å². The number of methoxy groups -OCH3 is 1. The van der Waals surface area contributed by atoms with Crippen LogP contribution in [0.15, 0.2) is 29.3 Å². The van der Waals surface area contributed by atoms with Crippen LogP contribution in [0.25, 0.3) is 0 Å². The number of aliphatic imine (C=N–C) groups is 1. The number of carbonyl (C=O) groups is 1. The van der Waals surface area contributed by atoms with Gasteiger partial charge < -0.3 is 24.6 Å². The number of likely N-dealkylation sites (tertiary alicyclic amines) is 1. The number of ether oxygens (including phenoxy) is 2. The van der Waals surface area contributed by atoms with Crippen LogP contribution in [0, 0.1) is 5.92 Å². The fourth-order valence-corrected chi connectivity index (χ4v) is 3.64. The first-order valence-corrected chi connectivity index (χ1v) is 9.77. The van der Waals surface area contributed by atoms with Crippen molar-refractivity contribution in [2.75, 3.05) is 57.9 Å². The van der Waals surface area contributed by atoms with Crippen LogP contribution in [-0.2, 0) is 9.53 Å². The van der Waals surface area contributed by atoms with E-state index >= 15 is 0 Å². The van der Waals surface area contributed by atoms with E-state index in [1.165, 1.54) is 0 Å². The van der Waals surface area contributed by atoms with E-state index < -0.39 is 0 Å². The summed E-state index contributed by atoms with van der Waals surface area (Å²) in [6.07, 6.45) is 1.95. The van der Waals surface area contributed by atoms with Crippen LogP contribution >= 0.6 is 0 Å². The molecule has 1 fully saturated rings. The molecule has 3 rings (SSSR count). The van der Waals surface area contributed by atoms with Gasteiger partial charge in [0.25, 0.3) is 5.91 Å². The Morgan fingerprint density at radius 1 is 1.41 bits per heavy atom. The summed E-state index contributed by atoms with van der Waals surface area (Å²) >= 11 is 0. The summed E-state index contributed by atoms with van der Waals surface area (Å²) < 4.78 is 10.8. The van der Waals surface area contributed by atoms with Crippen molar-refractivity contribution < 1.29 is 14.3 Å². The molecule has 1 aromatic carbocycles. The van der Waals surface area contributed by atoms with Gasteiger partial charge in [0.2, 0.25) is 0 Å². The third kappa shape index (κ3) is 4.91. The quantitative estimate of drug-likeness (QED) is 0.447. The van der Waals surface area contributed by atoms with Crippen molar-refractivity contribution in [3.05, 3.63) is 24.3 Å². The van der Waals surface area contributed by atoms with E-state index in [2.05, 4.69) is 17.1 Å². The maximum absolute atomic E-state index is 12.2. The first-order valence-electron chi connectivity index (χ1n) is 9.77. The highest BCUT2D eigenvalue weighted by molar-refractivity contribution is 5.97. The van der Waals surface area contributed by atoms with Crippen molar-refractivity contribution in [2.24, 2.45) is 10.9 Å². The van der Waals surface area contributed by atoms with E-state index in [0.29, 0.717) is 19.0 Å². The zero-order valence-corrected chi connectivity index (χ0v) is 16.3. The first-order chi connectivity index (χ1) is 13.2. The van der Waals surface area contributed by atoms with Crippen molar-refractivity contribution in [1.29, 1.82) is 0 Å². The van der Waals surface area contributed by atoms with Crippen molar-refractivity contribution in [2.45, 2.75) is 19.8 Å². The van der Waals surface area contributed by atoms with E-state index in [4.69, 9.17) is 14.5 Å². The van der Waals surface area contributed by atoms with E-state index in [0.717, 1.165) is 56.5 Å². The first kappa shape index (κ1) is 19.5. The van der Waals surface area contributed by atoms with Crippen LogP contribution in [0.4, 0.5) is 5.69 Å². The van der Waals surface area contributed by atoms with Gasteiger partial charge in [-0.2, -0.15) is 0 Å². The number of hydrogen-bond acceptors (Lipinski definition) is 4. The average molecular weight is 374 g/mol. The molecule has 0 spiro atoms. The Labute approximate surface area is 161 Å². The van der Waals surface area contributed by atoms with Crippen LogP contribution < -0.4 is 15.0 Å². The highest BCUT2D eigenvalue weighted by Crippen LogP contribution is 2.31. The molecule has 27 heavy (non-hydrogen) atoms. The van der Waals surface area contributed by atoms with Gasteiger partial charge in [0.05, 0.1) is 12.3 Å². The van der Waals surface area contributed by atoms with Crippen LogP contribution in [0.2, 0.25) is 0 Å². The van der Waals surface area contributed by atoms with E-state index in [-0.39, 0.29) is 12.5 Å². The van der Waals surface area contributed by atoms with Gasteiger partial charge in [-0.05, 0) is 31.9 Å². The lowest BCUT2D eigenvalue weighted by Gasteiger charge is -2.29. The predicted octanol–water partition coefficient (Wildman–Crippen LogP) is 1.74. The molecular weight excluding hydrogens is 344 g/mol. The van der Waals surface area contributed by atoms with E-state index in [9.17, 15) is 4.79 Å². The largest absolute Gasteiger partial charge is 0.482 e. The summed E-state index contributed by atoms with van der Waals surface area (Å²) in [5.41, 5.74) is 0.853. The molecule has 148 valence electrons. The Morgan fingerprint density at radius 3 is 3.07 bits per heavy atom. The molecule has 1 aromatic rings. The van der Waals surface area contributed by atoms with Gasteiger partial charge >= 0.3 is 0 Å². The lowest BCUT2D eigenvalue weighted by atomic mass is 10.1. The fourth-order valence-electron chi connectivity index (χ4n) is 3.64. The standard InChI is InChI=1S/C20H30N4O3/c1-3-21-20(23-12-9-16(13-23)14-26-2)22-10-6-11-24-17-7-4-5-8-18(17)27-15-19(24)25/h4-5,7-8,16H,3,6,9-15H2,1-2H3,(H,21,22). The summed E-state index contributed by atoms with van der Waals surface area (Å²) in [6, 6.07) is 7.69. The van der Waals surface area contributed by atoms with Gasteiger partial charge in [0.15, 0.2) is 12.6 Å². The normalized spacial score (nSPS) is 19.9. The van der Waals surface area contributed by atoms with Crippen LogP contribution in [-0.4, -0.2) is 69.8 Å². The molecule has 0 saturated carbocycles. The topological polar surface area (TPSA) is 66.4 Å². The number of fused-ring (bicyclic) bond motifs is 1. The lowest BCUT2D eigenvalue weighted by molar-refractivity contribution is -0.121. The molecule has 1 saturated heterocycles. The molecular formula is C20H30N4O3. The van der Waals surface area contributed by atoms with Crippen molar-refractivity contribution >= 4 is 17.6 Å². The van der Waals surface area contributed by atoms with E-state index in [1.807, 2.05) is 29.2 Å². The van der Waals surface area contributed by atoms with Crippen molar-refractivity contribution in [3.8, 4) is 5.75 Å². The van der Waals surface area contributed by atoms with Gasteiger partial charge in [0, 0.05) is 45.8 Å². The SMILES string of the molecule is CCNC(=NCCCN1C(=O)COc2ccccc21)N1CCC(COC)C1. The summed E-state index contributed by atoms with van der Waals surface area (Å²) in [5, 5.41) is 3.38. The van der Waals surface area contributed by atoms with Crippen molar-refractivity contribution in [3.63, 3.8) is 0 Å². The predicted molar refractivity (Wildman–Crippen MR) is 106 cm³/mol. The zero-order valence-electron chi connectivity index (χ0n) is 16.3. The van der Waals surface area contributed by atoms with Gasteiger partial charge in [0.1, 0.15) is 5.75 Å². The highest BCUT2D eigenvalue weighted by Gasteiger charge is 2.26. The summed E-state index contributed by atoms with van der Waals surface area (Å²) in [7, 11) is 1.76. The second-order valence-electron chi connectivity index (χ2n) is 6.95. The minimum absolute atomic E-state index is 0.00605. The number of nitrogens with one attached hydrogen (secondary N) is 1. The molecule has 0 aliphatic carbocycles. The number of rotatable bonds is 7. The molecule has 1 amide bonds. The third-order valence-electron chi connectivity index (χ3n) is 4.93. The summed E-state index contributed by atoms with van der Waals surface area (Å²) in [6.45, 7) is 7.16. The second kappa shape index (κ2) is 9.60. The zero-order chi connectivity index (χ0) is 19.1. The summed E-state index contributed by atoms with van der Waals surface area (Å²) in [5.74, 6) is 2.31. The molecule has 1 atom stereocenters. The van der Waals surface area contributed by atoms with Crippen LogP contribution in [0.5, 0.6) is 5.75 Å². The molecule has 7 heteroatoms. The van der Waals surface area contributed by atoms with Gasteiger partial charge in [-0.15, -0.1) is 0 Å². The summed E-state index contributed by atoms with van der Waals surface area (Å²) in [4.78, 5) is 21.1. The number of para-hydroxylation sites is 2. The van der Waals surface area contributed by atoms with Crippen LogP contribution in [0.1, 0.15) is 19.8 Å². The Morgan fingerprint density at radius 2 is 2.26 bits per heavy atom. The van der Waals surface area contributed by atoms with Gasteiger partial charge in [-0.3, -0.25) is 9.79 Å². The molecule has 0 aromatic heterocycles. The molecule has 7 nitrogen and oxygen atoms in total. The number of hydrogen-bond donors (Lipinski definition) is 1. The maximum atomic E-state index is 12.2. The number of benzene rings is 1. The molecule has 0 radical (unpaired) electrons. The minimum Gasteiger partial charge on any atom is -0.482 e. The Bertz CT molecular complexity index is 664. The monoisotopic (exact) mass is 374 g/mol. The minimum atomic E-state index is 0.00605. The lowest BCUT2D eigenvalue weighted by Crippen LogP contribution is -2.41. The molecule has 1 unspecified atom stereocenters. The van der Waals surface area contributed by atoms with Gasteiger partial charge in [-0.1, -0.05) is 12.1 Å². The third-order valence-corrected chi connectivity index (χ3v) is 4.93. The number of carbonyl (C=O) groups excluding carboxylic acids is 1. The average Bonchev–Trinajstić information content (AvgIpc) is 3.14. The fraction of sp³-hybridized carbons (Fsp3) is 0.600. The number of nitrogens with zero attached hydrogens (tertiary/aromatic N) is 3. The number of amides is 1. The molecule has 2 heterocycles. The van der Waals surface area contributed by atoms with E-state index in [1.54, 1.807) is 7.11 Å². The molecule has 1 N–H and O–H groups in total. The smallest absolute Gasteiger partial charge is 0.265 e. The Hall–Kier alpha value is -2.28. The molecule has 2 aliphatic heterocycles. The molecule has 0 bridgehead atoms. The Balaban J connectivity index is 1.55. The number of guanidine groups is 1. The van der Waals surface area contributed by atoms with Crippen LogP contribution in [0.3, 0.4) is 0 Å². The maximum Gasteiger partial charge on any atom is 0.265 e. The highest BCUT2D eigenvalue weighted by atomic mass is 16.5. The van der Waals surface area contributed by atoms with Crippen molar-refractivity contribution in [1.82, 2.24) is 10.2 Å². The number of anilines is 1. The second-order valence-corrected chi connectivity index (χ2v) is 6.95.